The van der Waals surface area contributed by atoms with Gasteiger partial charge in [0.1, 0.15) is 5.78 Å². The molecular weight excluding hydrogens is 175 g/mol. The molecule has 0 radical (unpaired) electrons. The summed E-state index contributed by atoms with van der Waals surface area (Å²) < 4.78 is 9.77. The molecule has 0 rings (SSSR count). The molecule has 0 aliphatic carbocycles. The summed E-state index contributed by atoms with van der Waals surface area (Å²) in [5.41, 5.74) is 0. The Morgan fingerprint density at radius 3 is 1.83 bits per heavy atom. The molecule has 0 saturated carbocycles. The molecular formula is C8H19O3P. The van der Waals surface area contributed by atoms with Crippen molar-refractivity contribution < 1.29 is 14.3 Å². The Morgan fingerprint density at radius 2 is 1.75 bits per heavy atom. The molecule has 0 bridgehead atoms. The minimum absolute atomic E-state index is 0.307. The van der Waals surface area contributed by atoms with Crippen molar-refractivity contribution in [3.8, 4) is 0 Å². The predicted octanol–water partition coefficient (Wildman–Crippen LogP) is 2.28. The molecule has 0 heterocycles. The van der Waals surface area contributed by atoms with Gasteiger partial charge in [0.05, 0.1) is 0 Å². The van der Waals surface area contributed by atoms with Crippen molar-refractivity contribution in [1.29, 1.82) is 0 Å². The van der Waals surface area contributed by atoms with Gasteiger partial charge in [-0.2, -0.15) is 0 Å². The second-order valence-corrected chi connectivity index (χ2v) is 5.69. The van der Waals surface area contributed by atoms with Gasteiger partial charge in [-0.05, 0) is 13.3 Å². The number of rotatable bonds is 3. The Morgan fingerprint density at radius 1 is 1.42 bits per heavy atom. The van der Waals surface area contributed by atoms with E-state index >= 15 is 0 Å². The van der Waals surface area contributed by atoms with Crippen molar-refractivity contribution in [2.24, 2.45) is 0 Å². The summed E-state index contributed by atoms with van der Waals surface area (Å²) in [6.07, 6.45) is 2.94. The number of carbonyl (C=O) groups excluding carboxylic acids is 1. The highest BCUT2D eigenvalue weighted by molar-refractivity contribution is 7.56. The van der Waals surface area contributed by atoms with Crippen molar-refractivity contribution in [2.45, 2.75) is 33.1 Å². The zero-order valence-electron chi connectivity index (χ0n) is 8.33. The first-order chi connectivity index (χ1) is 5.27. The van der Waals surface area contributed by atoms with Crippen LogP contribution in [0.5, 0.6) is 0 Å². The van der Waals surface area contributed by atoms with Crippen molar-refractivity contribution in [3.63, 3.8) is 0 Å². The highest BCUT2D eigenvalue weighted by Gasteiger charge is 1.92. The monoisotopic (exact) mass is 194 g/mol. The number of Topliss-reactive ketones (excluding diaryl/α,β-unsaturated/α-hetero) is 1. The van der Waals surface area contributed by atoms with Crippen LogP contribution in [-0.4, -0.2) is 24.0 Å². The lowest BCUT2D eigenvalue weighted by Crippen LogP contribution is -1.86. The van der Waals surface area contributed by atoms with E-state index in [1.807, 2.05) is 0 Å². The normalized spacial score (nSPS) is 10.1. The minimum Gasteiger partial charge on any atom is -0.345 e. The van der Waals surface area contributed by atoms with Crippen LogP contribution < -0.4 is 0 Å². The van der Waals surface area contributed by atoms with E-state index < -0.39 is 7.37 Å². The van der Waals surface area contributed by atoms with Gasteiger partial charge in [0.25, 0.3) is 0 Å². The summed E-state index contributed by atoms with van der Waals surface area (Å²) in [4.78, 5) is 18.3. The molecule has 0 fully saturated rings. The zero-order valence-corrected chi connectivity index (χ0v) is 9.23. The van der Waals surface area contributed by atoms with Gasteiger partial charge in [-0.3, -0.25) is 4.57 Å². The fraction of sp³-hybridized carbons (Fsp3) is 0.875. The maximum Gasteiger partial charge on any atom is 0.194 e. The van der Waals surface area contributed by atoms with Gasteiger partial charge in [-0.1, -0.05) is 13.3 Å². The largest absolute Gasteiger partial charge is 0.345 e. The second-order valence-electron chi connectivity index (χ2n) is 3.10. The van der Waals surface area contributed by atoms with E-state index in [4.69, 9.17) is 4.89 Å². The summed E-state index contributed by atoms with van der Waals surface area (Å²) in [7, 11) is -2.64. The van der Waals surface area contributed by atoms with Crippen molar-refractivity contribution in [2.75, 3.05) is 13.3 Å². The SMILES string of the molecule is CCCCC(C)=O.CP(C)(=O)O. The molecule has 3 nitrogen and oxygen atoms in total. The Kier molecular flexibility index (Phi) is 9.00. The van der Waals surface area contributed by atoms with Gasteiger partial charge in [0, 0.05) is 19.8 Å². The highest BCUT2D eigenvalue weighted by Crippen LogP contribution is 2.27. The molecule has 1 N–H and O–H groups in total. The zero-order chi connectivity index (χ0) is 10.2. The van der Waals surface area contributed by atoms with E-state index in [0.29, 0.717) is 5.78 Å². The van der Waals surface area contributed by atoms with Crippen molar-refractivity contribution in [3.05, 3.63) is 0 Å². The molecule has 0 aliphatic rings. The summed E-state index contributed by atoms with van der Waals surface area (Å²) in [6.45, 7) is 6.32. The molecule has 0 amide bonds. The van der Waals surface area contributed by atoms with Crippen LogP contribution in [0.25, 0.3) is 0 Å². The number of carbonyl (C=O) groups is 1. The van der Waals surface area contributed by atoms with Gasteiger partial charge in [-0.15, -0.1) is 0 Å². The Labute approximate surface area is 74.6 Å². The Hall–Kier alpha value is -0.140. The van der Waals surface area contributed by atoms with Crippen LogP contribution in [0.4, 0.5) is 0 Å². The van der Waals surface area contributed by atoms with Crippen LogP contribution in [0.15, 0.2) is 0 Å². The second kappa shape index (κ2) is 7.51. The molecule has 0 aliphatic heterocycles. The van der Waals surface area contributed by atoms with Crippen LogP contribution in [0.1, 0.15) is 33.1 Å². The number of hydrogen-bond acceptors (Lipinski definition) is 2. The van der Waals surface area contributed by atoms with E-state index in [9.17, 15) is 9.36 Å². The average molecular weight is 194 g/mol. The highest BCUT2D eigenvalue weighted by atomic mass is 31.2. The molecule has 74 valence electrons. The lowest BCUT2D eigenvalue weighted by Gasteiger charge is -1.86. The molecule has 0 aromatic heterocycles. The van der Waals surface area contributed by atoms with Gasteiger partial charge in [-0.25, -0.2) is 0 Å². The van der Waals surface area contributed by atoms with Gasteiger partial charge >= 0.3 is 0 Å². The summed E-state index contributed by atoms with van der Waals surface area (Å²) >= 11 is 0. The van der Waals surface area contributed by atoms with Gasteiger partial charge in [0.2, 0.25) is 0 Å². The topological polar surface area (TPSA) is 54.4 Å². The number of ketones is 1. The van der Waals surface area contributed by atoms with E-state index in [0.717, 1.165) is 19.3 Å². The smallest absolute Gasteiger partial charge is 0.194 e. The summed E-state index contributed by atoms with van der Waals surface area (Å²) in [5.74, 6) is 0.307. The predicted molar refractivity (Wildman–Crippen MR) is 51.9 cm³/mol. The molecule has 4 heteroatoms. The number of unbranched alkanes of at least 4 members (excludes halogenated alkanes) is 1. The van der Waals surface area contributed by atoms with Crippen LogP contribution in [-0.2, 0) is 9.36 Å². The van der Waals surface area contributed by atoms with E-state index in [1.54, 1.807) is 6.92 Å². The molecule has 0 atom stereocenters. The fourth-order valence-corrected chi connectivity index (χ4v) is 0.426. The molecule has 0 spiro atoms. The van der Waals surface area contributed by atoms with E-state index in [1.165, 1.54) is 13.3 Å². The third-order valence-corrected chi connectivity index (χ3v) is 0.882. The van der Waals surface area contributed by atoms with E-state index in [-0.39, 0.29) is 0 Å². The molecule has 0 aromatic rings. The lowest BCUT2D eigenvalue weighted by molar-refractivity contribution is -0.117. The fourth-order valence-electron chi connectivity index (χ4n) is 0.426. The summed E-state index contributed by atoms with van der Waals surface area (Å²) in [6, 6.07) is 0. The number of hydrogen-bond donors (Lipinski definition) is 1. The summed E-state index contributed by atoms with van der Waals surface area (Å²) in [5, 5.41) is 0. The molecule has 0 unspecified atom stereocenters. The van der Waals surface area contributed by atoms with Gasteiger partial charge in [0.15, 0.2) is 7.37 Å². The molecule has 0 saturated heterocycles. The average Bonchev–Trinajstić information content (AvgIpc) is 1.79. The van der Waals surface area contributed by atoms with Crippen LogP contribution in [0.2, 0.25) is 0 Å². The van der Waals surface area contributed by atoms with Crippen molar-refractivity contribution >= 4 is 13.2 Å². The Bertz CT molecular complexity index is 151. The first kappa shape index (κ1) is 14.4. The van der Waals surface area contributed by atoms with Crippen LogP contribution in [0, 0.1) is 0 Å². The Balaban J connectivity index is 0. The maximum absolute atomic E-state index is 10.2. The van der Waals surface area contributed by atoms with Crippen LogP contribution in [0.3, 0.4) is 0 Å². The molecule has 0 aromatic carbocycles. The maximum atomic E-state index is 10.2. The third kappa shape index (κ3) is 51.9. The van der Waals surface area contributed by atoms with E-state index in [2.05, 4.69) is 6.92 Å². The van der Waals surface area contributed by atoms with Gasteiger partial charge < -0.3 is 9.69 Å². The van der Waals surface area contributed by atoms with Crippen LogP contribution >= 0.6 is 7.37 Å². The third-order valence-electron chi connectivity index (χ3n) is 0.882. The lowest BCUT2D eigenvalue weighted by atomic mass is 10.2. The minimum atomic E-state index is -2.64. The molecule has 12 heavy (non-hydrogen) atoms. The quantitative estimate of drug-likeness (QED) is 0.701. The first-order valence-electron chi connectivity index (χ1n) is 4.04. The van der Waals surface area contributed by atoms with Crippen molar-refractivity contribution in [1.82, 2.24) is 0 Å². The standard InChI is InChI=1S/C6H12O.C2H7O2P/c1-3-4-5-6(2)7;1-5(2,3)4/h3-5H2,1-2H3;1-2H3,(H,3,4). The first-order valence-corrected chi connectivity index (χ1v) is 6.60.